The van der Waals surface area contributed by atoms with E-state index in [0.717, 1.165) is 18.8 Å². The van der Waals surface area contributed by atoms with Crippen molar-refractivity contribution in [3.63, 3.8) is 0 Å². The first kappa shape index (κ1) is 14.6. The minimum Gasteiger partial charge on any atom is -0.335 e. The number of aromatic nitrogens is 2. The van der Waals surface area contributed by atoms with E-state index in [1.165, 1.54) is 32.1 Å². The van der Waals surface area contributed by atoms with Crippen molar-refractivity contribution in [3.8, 4) is 0 Å². The van der Waals surface area contributed by atoms with E-state index in [-0.39, 0.29) is 0 Å². The molecule has 2 rings (SSSR count). The molecule has 1 fully saturated rings. The second-order valence-electron chi connectivity index (χ2n) is 5.32. The fourth-order valence-electron chi connectivity index (χ4n) is 2.62. The highest BCUT2D eigenvalue weighted by Crippen LogP contribution is 2.28. The Morgan fingerprint density at radius 3 is 2.95 bits per heavy atom. The number of ketones is 1. The molecular weight excluding hydrogens is 256 g/mol. The van der Waals surface area contributed by atoms with Crippen LogP contribution in [0.3, 0.4) is 0 Å². The minimum atomic E-state index is 0.319. The summed E-state index contributed by atoms with van der Waals surface area (Å²) < 4.78 is 2.10. The van der Waals surface area contributed by atoms with Crippen LogP contribution in [0.2, 0.25) is 0 Å². The molecular formula is C15H24N2OS. The predicted octanol–water partition coefficient (Wildman–Crippen LogP) is 3.47. The van der Waals surface area contributed by atoms with Crippen LogP contribution in [-0.4, -0.2) is 26.3 Å². The molecule has 0 aromatic carbocycles. The molecule has 19 heavy (non-hydrogen) atoms. The largest absolute Gasteiger partial charge is 0.335 e. The van der Waals surface area contributed by atoms with Crippen LogP contribution in [0.5, 0.6) is 0 Å². The number of nitrogens with zero attached hydrogens (tertiary/aromatic N) is 2. The van der Waals surface area contributed by atoms with Gasteiger partial charge in [-0.25, -0.2) is 4.98 Å². The number of hydrogen-bond acceptors (Lipinski definition) is 3. The Balaban J connectivity index is 1.75. The Labute approximate surface area is 120 Å². The molecule has 1 saturated carbocycles. The second-order valence-corrected chi connectivity index (χ2v) is 6.61. The van der Waals surface area contributed by atoms with Crippen LogP contribution in [0.1, 0.15) is 51.3 Å². The molecule has 0 spiro atoms. The molecule has 1 aromatic heterocycles. The Kier molecular flexibility index (Phi) is 5.95. The molecule has 0 amide bonds. The molecule has 0 unspecified atom stereocenters. The van der Waals surface area contributed by atoms with E-state index >= 15 is 0 Å². The Bertz CT molecular complexity index is 397. The number of hydrogen-bond donors (Lipinski definition) is 0. The van der Waals surface area contributed by atoms with Gasteiger partial charge in [-0.15, -0.1) is 0 Å². The van der Waals surface area contributed by atoms with Crippen molar-refractivity contribution in [2.75, 3.05) is 5.75 Å². The Morgan fingerprint density at radius 2 is 2.21 bits per heavy atom. The average molecular weight is 280 g/mol. The van der Waals surface area contributed by atoms with Gasteiger partial charge in [0.2, 0.25) is 0 Å². The SMILES string of the molecule is CCCn1ccnc1CC(=O)CSC1CCCCC1. The van der Waals surface area contributed by atoms with Crippen LogP contribution >= 0.6 is 11.8 Å². The number of aryl methyl sites for hydroxylation is 1. The lowest BCUT2D eigenvalue weighted by Gasteiger charge is -2.20. The van der Waals surface area contributed by atoms with Gasteiger partial charge in [0.05, 0.1) is 12.2 Å². The minimum absolute atomic E-state index is 0.319. The molecule has 0 saturated heterocycles. The van der Waals surface area contributed by atoms with E-state index < -0.39 is 0 Å². The standard InChI is InChI=1S/C15H24N2OS/c1-2-9-17-10-8-16-15(17)11-13(18)12-19-14-6-4-3-5-7-14/h8,10,14H,2-7,9,11-12H2,1H3. The number of rotatable bonds is 7. The smallest absolute Gasteiger partial charge is 0.150 e. The van der Waals surface area contributed by atoms with Crippen molar-refractivity contribution in [1.82, 2.24) is 9.55 Å². The molecule has 0 aliphatic heterocycles. The monoisotopic (exact) mass is 280 g/mol. The molecule has 106 valence electrons. The van der Waals surface area contributed by atoms with E-state index in [2.05, 4.69) is 16.5 Å². The first-order valence-corrected chi connectivity index (χ1v) is 8.47. The predicted molar refractivity (Wildman–Crippen MR) is 80.6 cm³/mol. The zero-order chi connectivity index (χ0) is 13.5. The Morgan fingerprint density at radius 1 is 1.42 bits per heavy atom. The molecule has 0 atom stereocenters. The van der Waals surface area contributed by atoms with Gasteiger partial charge < -0.3 is 4.57 Å². The van der Waals surface area contributed by atoms with Crippen molar-refractivity contribution in [2.24, 2.45) is 0 Å². The maximum Gasteiger partial charge on any atom is 0.150 e. The van der Waals surface area contributed by atoms with E-state index in [4.69, 9.17) is 0 Å². The van der Waals surface area contributed by atoms with E-state index in [1.54, 1.807) is 6.20 Å². The quantitative estimate of drug-likeness (QED) is 0.767. The highest BCUT2D eigenvalue weighted by atomic mass is 32.2. The fraction of sp³-hybridized carbons (Fsp3) is 0.733. The summed E-state index contributed by atoms with van der Waals surface area (Å²) in [5.74, 6) is 1.90. The first-order chi connectivity index (χ1) is 9.29. The maximum atomic E-state index is 12.0. The highest BCUT2D eigenvalue weighted by molar-refractivity contribution is 8.00. The number of carbonyl (C=O) groups excluding carboxylic acids is 1. The lowest BCUT2D eigenvalue weighted by atomic mass is 10.0. The van der Waals surface area contributed by atoms with Crippen LogP contribution in [0, 0.1) is 0 Å². The van der Waals surface area contributed by atoms with Gasteiger partial charge in [-0.2, -0.15) is 11.8 Å². The molecule has 0 radical (unpaired) electrons. The van der Waals surface area contributed by atoms with Crippen molar-refractivity contribution in [3.05, 3.63) is 18.2 Å². The molecule has 1 aromatic rings. The number of thioether (sulfide) groups is 1. The molecule has 1 aliphatic rings. The summed E-state index contributed by atoms with van der Waals surface area (Å²) in [5.41, 5.74) is 0. The summed E-state index contributed by atoms with van der Waals surface area (Å²) in [6.45, 7) is 3.10. The summed E-state index contributed by atoms with van der Waals surface area (Å²) in [6.07, 6.45) is 12.0. The topological polar surface area (TPSA) is 34.9 Å². The zero-order valence-corrected chi connectivity index (χ0v) is 12.6. The van der Waals surface area contributed by atoms with Gasteiger partial charge in [0, 0.05) is 24.2 Å². The molecule has 3 nitrogen and oxygen atoms in total. The third-order valence-corrected chi connectivity index (χ3v) is 5.09. The van der Waals surface area contributed by atoms with E-state index in [9.17, 15) is 4.79 Å². The molecule has 4 heteroatoms. The molecule has 0 N–H and O–H groups in total. The summed E-state index contributed by atoms with van der Waals surface area (Å²) >= 11 is 1.86. The van der Waals surface area contributed by atoms with Gasteiger partial charge in [-0.3, -0.25) is 4.79 Å². The summed E-state index contributed by atoms with van der Waals surface area (Å²) in [5, 5.41) is 0.716. The molecule has 1 heterocycles. The third-order valence-electron chi connectivity index (χ3n) is 3.65. The molecule has 1 aliphatic carbocycles. The van der Waals surface area contributed by atoms with Gasteiger partial charge in [0.15, 0.2) is 0 Å². The normalized spacial score (nSPS) is 16.7. The summed E-state index contributed by atoms with van der Waals surface area (Å²) in [7, 11) is 0. The van der Waals surface area contributed by atoms with Crippen LogP contribution in [0.4, 0.5) is 0 Å². The second kappa shape index (κ2) is 7.73. The number of Topliss-reactive ketones (excluding diaryl/α,β-unsaturated/α-hetero) is 1. The maximum absolute atomic E-state index is 12.0. The van der Waals surface area contributed by atoms with Gasteiger partial charge in [-0.05, 0) is 19.3 Å². The van der Waals surface area contributed by atoms with Crippen molar-refractivity contribution in [1.29, 1.82) is 0 Å². The van der Waals surface area contributed by atoms with E-state index in [1.807, 2.05) is 18.0 Å². The highest BCUT2D eigenvalue weighted by Gasteiger charge is 2.16. The first-order valence-electron chi connectivity index (χ1n) is 7.43. The third kappa shape index (κ3) is 4.68. The number of carbonyl (C=O) groups is 1. The van der Waals surface area contributed by atoms with Gasteiger partial charge in [-0.1, -0.05) is 26.2 Å². The lowest BCUT2D eigenvalue weighted by Crippen LogP contribution is -2.15. The van der Waals surface area contributed by atoms with Crippen LogP contribution in [-0.2, 0) is 17.8 Å². The lowest BCUT2D eigenvalue weighted by molar-refractivity contribution is -0.116. The average Bonchev–Trinajstić information content (AvgIpc) is 2.85. The molecule has 0 bridgehead atoms. The van der Waals surface area contributed by atoms with Crippen molar-refractivity contribution >= 4 is 17.5 Å². The van der Waals surface area contributed by atoms with Gasteiger partial charge >= 0.3 is 0 Å². The van der Waals surface area contributed by atoms with Crippen molar-refractivity contribution < 1.29 is 4.79 Å². The van der Waals surface area contributed by atoms with E-state index in [0.29, 0.717) is 23.2 Å². The van der Waals surface area contributed by atoms with Crippen LogP contribution < -0.4 is 0 Å². The zero-order valence-electron chi connectivity index (χ0n) is 11.8. The van der Waals surface area contributed by atoms with Gasteiger partial charge in [0.25, 0.3) is 0 Å². The van der Waals surface area contributed by atoms with Crippen LogP contribution in [0.25, 0.3) is 0 Å². The summed E-state index contributed by atoms with van der Waals surface area (Å²) in [4.78, 5) is 16.3. The number of imidazole rings is 1. The summed E-state index contributed by atoms with van der Waals surface area (Å²) in [6, 6.07) is 0. The van der Waals surface area contributed by atoms with Crippen LogP contribution in [0.15, 0.2) is 12.4 Å². The van der Waals surface area contributed by atoms with Crippen molar-refractivity contribution in [2.45, 2.75) is 63.7 Å². The fourth-order valence-corrected chi connectivity index (χ4v) is 3.81. The Hall–Kier alpha value is -0.770. The van der Waals surface area contributed by atoms with Gasteiger partial charge in [0.1, 0.15) is 11.6 Å².